The average Bonchev–Trinajstić information content (AvgIpc) is 2.90. The highest BCUT2D eigenvalue weighted by atomic mass is 32.2. The van der Waals surface area contributed by atoms with Gasteiger partial charge in [-0.25, -0.2) is 13.2 Å². The molecular formula is C20H20O7S. The van der Waals surface area contributed by atoms with Gasteiger partial charge < -0.3 is 14.2 Å². The Hall–Kier alpha value is -2.87. The molecule has 0 amide bonds. The normalized spacial score (nSPS) is 13.5. The van der Waals surface area contributed by atoms with Crippen molar-refractivity contribution < 1.29 is 32.2 Å². The number of aryl methyl sites for hydroxylation is 1. The number of Topliss-reactive ketones (excluding diaryl/α,β-unsaturated/α-hetero) is 1. The Balaban J connectivity index is 1.71. The summed E-state index contributed by atoms with van der Waals surface area (Å²) in [5.74, 6) is -0.114. The van der Waals surface area contributed by atoms with Crippen LogP contribution in [0.1, 0.15) is 32.7 Å². The van der Waals surface area contributed by atoms with Crippen molar-refractivity contribution in [3.63, 3.8) is 0 Å². The molecule has 8 heteroatoms. The lowest BCUT2D eigenvalue weighted by Crippen LogP contribution is -2.15. The number of ketones is 1. The Morgan fingerprint density at radius 2 is 1.75 bits per heavy atom. The van der Waals surface area contributed by atoms with Gasteiger partial charge in [-0.3, -0.25) is 4.79 Å². The molecular weight excluding hydrogens is 384 g/mol. The van der Waals surface area contributed by atoms with Crippen molar-refractivity contribution in [1.29, 1.82) is 0 Å². The number of fused-ring (bicyclic) bond motifs is 1. The number of carbonyl (C=O) groups excluding carboxylic acids is 2. The second kappa shape index (κ2) is 8.02. The number of hydrogen-bond donors (Lipinski definition) is 0. The number of carbonyl (C=O) groups is 2. The van der Waals surface area contributed by atoms with E-state index in [0.29, 0.717) is 35.8 Å². The van der Waals surface area contributed by atoms with E-state index in [1.807, 2.05) is 0 Å². The Kier molecular flexibility index (Phi) is 5.69. The molecule has 0 atom stereocenters. The van der Waals surface area contributed by atoms with E-state index in [1.165, 1.54) is 18.2 Å². The first kappa shape index (κ1) is 19.9. The quantitative estimate of drug-likeness (QED) is 0.558. The summed E-state index contributed by atoms with van der Waals surface area (Å²) in [6.45, 7) is 2.23. The fourth-order valence-electron chi connectivity index (χ4n) is 2.68. The molecule has 1 heterocycles. The van der Waals surface area contributed by atoms with Gasteiger partial charge >= 0.3 is 5.97 Å². The third kappa shape index (κ3) is 4.51. The minimum atomic E-state index is -3.46. The molecule has 7 nitrogen and oxygen atoms in total. The number of rotatable bonds is 5. The molecule has 0 aliphatic carbocycles. The van der Waals surface area contributed by atoms with Crippen LogP contribution >= 0.6 is 0 Å². The molecule has 0 radical (unpaired) electrons. The molecule has 3 rings (SSSR count). The van der Waals surface area contributed by atoms with Crippen LogP contribution in [0.5, 0.6) is 11.5 Å². The SMILES string of the molecule is Cc1ccc(S(C)(=O)=O)cc1C(=O)OCC(=O)c1ccc2c(c1)OCCCO2. The lowest BCUT2D eigenvalue weighted by Gasteiger charge is -2.10. The smallest absolute Gasteiger partial charge is 0.338 e. The highest BCUT2D eigenvalue weighted by Crippen LogP contribution is 2.30. The van der Waals surface area contributed by atoms with Gasteiger partial charge in [0.25, 0.3) is 0 Å². The Morgan fingerprint density at radius 3 is 2.46 bits per heavy atom. The third-order valence-electron chi connectivity index (χ3n) is 4.26. The van der Waals surface area contributed by atoms with E-state index in [0.717, 1.165) is 12.7 Å². The largest absolute Gasteiger partial charge is 0.490 e. The minimum Gasteiger partial charge on any atom is -0.490 e. The summed E-state index contributed by atoms with van der Waals surface area (Å²) >= 11 is 0. The van der Waals surface area contributed by atoms with E-state index in [4.69, 9.17) is 14.2 Å². The molecule has 0 bridgehead atoms. The van der Waals surface area contributed by atoms with Crippen molar-refractivity contribution in [2.45, 2.75) is 18.2 Å². The monoisotopic (exact) mass is 404 g/mol. The van der Waals surface area contributed by atoms with Crippen LogP contribution in [0.4, 0.5) is 0 Å². The fourth-order valence-corrected chi connectivity index (χ4v) is 3.33. The lowest BCUT2D eigenvalue weighted by molar-refractivity contribution is 0.0473. The molecule has 0 saturated carbocycles. The molecule has 0 spiro atoms. The number of ether oxygens (including phenoxy) is 3. The second-order valence-corrected chi connectivity index (χ2v) is 8.48. The van der Waals surface area contributed by atoms with Gasteiger partial charge in [-0.15, -0.1) is 0 Å². The molecule has 0 N–H and O–H groups in total. The number of sulfone groups is 1. The minimum absolute atomic E-state index is 0.0132. The van der Waals surface area contributed by atoms with E-state index < -0.39 is 28.2 Å². The lowest BCUT2D eigenvalue weighted by atomic mass is 10.1. The molecule has 148 valence electrons. The van der Waals surface area contributed by atoms with Crippen molar-refractivity contribution in [3.05, 3.63) is 53.1 Å². The zero-order valence-electron chi connectivity index (χ0n) is 15.6. The first-order chi connectivity index (χ1) is 13.3. The predicted octanol–water partition coefficient (Wildman–Crippen LogP) is 2.60. The number of benzene rings is 2. The summed E-state index contributed by atoms with van der Waals surface area (Å²) in [5.41, 5.74) is 0.994. The van der Waals surface area contributed by atoms with Crippen LogP contribution in [0, 0.1) is 6.92 Å². The fraction of sp³-hybridized carbons (Fsp3) is 0.300. The van der Waals surface area contributed by atoms with Gasteiger partial charge in [0.05, 0.1) is 23.7 Å². The maximum atomic E-state index is 12.4. The molecule has 28 heavy (non-hydrogen) atoms. The maximum absolute atomic E-state index is 12.4. The van der Waals surface area contributed by atoms with Crippen molar-refractivity contribution in [1.82, 2.24) is 0 Å². The zero-order valence-corrected chi connectivity index (χ0v) is 16.4. The maximum Gasteiger partial charge on any atom is 0.338 e. The van der Waals surface area contributed by atoms with Crippen LogP contribution in [-0.4, -0.2) is 46.2 Å². The van der Waals surface area contributed by atoms with E-state index in [9.17, 15) is 18.0 Å². The number of hydrogen-bond acceptors (Lipinski definition) is 7. The summed E-state index contributed by atoms with van der Waals surface area (Å²) in [6, 6.07) is 9.00. The van der Waals surface area contributed by atoms with Gasteiger partial charge in [0.15, 0.2) is 33.7 Å². The summed E-state index contributed by atoms with van der Waals surface area (Å²) in [4.78, 5) is 24.8. The van der Waals surface area contributed by atoms with Crippen LogP contribution in [-0.2, 0) is 14.6 Å². The van der Waals surface area contributed by atoms with Gasteiger partial charge in [0.2, 0.25) is 0 Å². The second-order valence-electron chi connectivity index (χ2n) is 6.46. The highest BCUT2D eigenvalue weighted by Gasteiger charge is 2.19. The first-order valence-corrected chi connectivity index (χ1v) is 10.6. The number of esters is 1. The van der Waals surface area contributed by atoms with E-state index >= 15 is 0 Å². The summed E-state index contributed by atoms with van der Waals surface area (Å²) < 4.78 is 39.5. The molecule has 0 aromatic heterocycles. The Labute approximate surface area is 163 Å². The summed E-state index contributed by atoms with van der Waals surface area (Å²) in [5, 5.41) is 0. The molecule has 2 aromatic rings. The van der Waals surface area contributed by atoms with Crippen LogP contribution in [0.15, 0.2) is 41.3 Å². The summed E-state index contributed by atoms with van der Waals surface area (Å²) in [6.07, 6.45) is 1.81. The molecule has 0 saturated heterocycles. The van der Waals surface area contributed by atoms with Crippen LogP contribution in [0.2, 0.25) is 0 Å². The van der Waals surface area contributed by atoms with Crippen LogP contribution < -0.4 is 9.47 Å². The van der Waals surface area contributed by atoms with Gasteiger partial charge in [0, 0.05) is 18.2 Å². The molecule has 0 fully saturated rings. The average molecular weight is 404 g/mol. The zero-order chi connectivity index (χ0) is 20.3. The Bertz CT molecular complexity index is 1020. The van der Waals surface area contributed by atoms with Crippen LogP contribution in [0.25, 0.3) is 0 Å². The van der Waals surface area contributed by atoms with Gasteiger partial charge in [0.1, 0.15) is 0 Å². The highest BCUT2D eigenvalue weighted by molar-refractivity contribution is 7.90. The van der Waals surface area contributed by atoms with Gasteiger partial charge in [-0.2, -0.15) is 0 Å². The van der Waals surface area contributed by atoms with Crippen molar-refractivity contribution in [2.24, 2.45) is 0 Å². The summed E-state index contributed by atoms with van der Waals surface area (Å²) in [7, 11) is -3.46. The molecule has 1 aliphatic rings. The third-order valence-corrected chi connectivity index (χ3v) is 5.37. The topological polar surface area (TPSA) is 96.0 Å². The van der Waals surface area contributed by atoms with Gasteiger partial charge in [-0.1, -0.05) is 6.07 Å². The molecule has 0 unspecified atom stereocenters. The standard InChI is InChI=1S/C20H20O7S/c1-13-4-6-15(28(2,23)24)11-16(13)20(22)27-12-17(21)14-5-7-18-19(10-14)26-9-3-8-25-18/h4-7,10-11H,3,8-9,12H2,1-2H3. The van der Waals surface area contributed by atoms with E-state index in [2.05, 4.69) is 0 Å². The van der Waals surface area contributed by atoms with Crippen molar-refractivity contribution in [3.8, 4) is 11.5 Å². The Morgan fingerprint density at radius 1 is 1.04 bits per heavy atom. The van der Waals surface area contributed by atoms with Gasteiger partial charge in [-0.05, 0) is 42.8 Å². The van der Waals surface area contributed by atoms with Crippen molar-refractivity contribution in [2.75, 3.05) is 26.1 Å². The van der Waals surface area contributed by atoms with E-state index in [1.54, 1.807) is 25.1 Å². The predicted molar refractivity (Wildman–Crippen MR) is 101 cm³/mol. The molecule has 2 aromatic carbocycles. The van der Waals surface area contributed by atoms with E-state index in [-0.39, 0.29) is 10.5 Å². The first-order valence-electron chi connectivity index (χ1n) is 8.66. The van der Waals surface area contributed by atoms with Crippen LogP contribution in [0.3, 0.4) is 0 Å². The molecule has 1 aliphatic heterocycles. The van der Waals surface area contributed by atoms with Crippen molar-refractivity contribution >= 4 is 21.6 Å².